The summed E-state index contributed by atoms with van der Waals surface area (Å²) in [6, 6.07) is 8.43. The average molecular weight is 232 g/mol. The van der Waals surface area contributed by atoms with Crippen molar-refractivity contribution < 1.29 is 9.47 Å². The van der Waals surface area contributed by atoms with Crippen LogP contribution in [0.2, 0.25) is 0 Å². The Kier molecular flexibility index (Phi) is 3.17. The van der Waals surface area contributed by atoms with E-state index in [-0.39, 0.29) is 0 Å². The number of hydrogen-bond acceptors (Lipinski definition) is 2. The van der Waals surface area contributed by atoms with Crippen LogP contribution in [0.25, 0.3) is 0 Å². The Hall–Kier alpha value is -0.860. The molecule has 2 aliphatic rings. The zero-order valence-corrected chi connectivity index (χ0v) is 10.4. The number of benzene rings is 1. The van der Waals surface area contributed by atoms with Gasteiger partial charge in [0.15, 0.2) is 0 Å². The Labute approximate surface area is 103 Å². The van der Waals surface area contributed by atoms with E-state index < -0.39 is 0 Å². The lowest BCUT2D eigenvalue weighted by Gasteiger charge is -2.07. The standard InChI is InChI=1S/C15H20O2/c1-11-4-2-3-5-12(11)9-17-15-8-13(15)10-16-14-6-7-14/h2-5,13-15H,6-10H2,1H3. The van der Waals surface area contributed by atoms with Crippen LogP contribution in [0.3, 0.4) is 0 Å². The topological polar surface area (TPSA) is 18.5 Å². The van der Waals surface area contributed by atoms with Crippen molar-refractivity contribution in [2.45, 2.75) is 45.0 Å². The number of ether oxygens (including phenoxy) is 2. The van der Waals surface area contributed by atoms with Gasteiger partial charge in [-0.05, 0) is 37.3 Å². The maximum Gasteiger partial charge on any atom is 0.0723 e. The summed E-state index contributed by atoms with van der Waals surface area (Å²) in [5.74, 6) is 0.652. The van der Waals surface area contributed by atoms with Gasteiger partial charge in [0.2, 0.25) is 0 Å². The van der Waals surface area contributed by atoms with Gasteiger partial charge in [-0.2, -0.15) is 0 Å². The summed E-state index contributed by atoms with van der Waals surface area (Å²) in [5.41, 5.74) is 2.63. The first-order valence-electron chi connectivity index (χ1n) is 6.60. The fourth-order valence-corrected chi connectivity index (χ4v) is 2.06. The van der Waals surface area contributed by atoms with Gasteiger partial charge in [0, 0.05) is 5.92 Å². The van der Waals surface area contributed by atoms with E-state index in [0.717, 1.165) is 13.2 Å². The van der Waals surface area contributed by atoms with Crippen molar-refractivity contribution in [3.8, 4) is 0 Å². The number of hydrogen-bond donors (Lipinski definition) is 0. The highest BCUT2D eigenvalue weighted by atomic mass is 16.5. The first kappa shape index (κ1) is 11.2. The van der Waals surface area contributed by atoms with E-state index in [1.165, 1.54) is 30.4 Å². The third kappa shape index (κ3) is 3.08. The Morgan fingerprint density at radius 2 is 2.00 bits per heavy atom. The summed E-state index contributed by atoms with van der Waals surface area (Å²) < 4.78 is 11.6. The molecule has 0 aromatic heterocycles. The van der Waals surface area contributed by atoms with Gasteiger partial charge in [0.1, 0.15) is 0 Å². The highest BCUT2D eigenvalue weighted by Crippen LogP contribution is 2.36. The summed E-state index contributed by atoms with van der Waals surface area (Å²) >= 11 is 0. The van der Waals surface area contributed by atoms with Gasteiger partial charge < -0.3 is 9.47 Å². The minimum absolute atomic E-state index is 0.438. The molecule has 0 N–H and O–H groups in total. The van der Waals surface area contributed by atoms with Crippen molar-refractivity contribution in [3.63, 3.8) is 0 Å². The second kappa shape index (κ2) is 4.79. The Balaban J connectivity index is 1.39. The van der Waals surface area contributed by atoms with Crippen molar-refractivity contribution in [3.05, 3.63) is 35.4 Å². The molecule has 0 radical (unpaired) electrons. The average Bonchev–Trinajstić information content (AvgIpc) is 3.21. The van der Waals surface area contributed by atoms with Crippen LogP contribution in [0.15, 0.2) is 24.3 Å². The molecule has 0 saturated heterocycles. The van der Waals surface area contributed by atoms with Gasteiger partial charge in [0.25, 0.3) is 0 Å². The van der Waals surface area contributed by atoms with Gasteiger partial charge in [-0.1, -0.05) is 24.3 Å². The number of aryl methyl sites for hydroxylation is 1. The quantitative estimate of drug-likeness (QED) is 0.750. The highest BCUT2D eigenvalue weighted by Gasteiger charge is 2.39. The van der Waals surface area contributed by atoms with E-state index in [0.29, 0.717) is 18.1 Å². The molecule has 3 rings (SSSR count). The molecule has 0 spiro atoms. The van der Waals surface area contributed by atoms with Crippen LogP contribution in [0.1, 0.15) is 30.4 Å². The van der Waals surface area contributed by atoms with Crippen LogP contribution in [-0.2, 0) is 16.1 Å². The second-order valence-corrected chi connectivity index (χ2v) is 5.30. The molecule has 0 bridgehead atoms. The van der Waals surface area contributed by atoms with Crippen LogP contribution in [0.4, 0.5) is 0 Å². The molecular weight excluding hydrogens is 212 g/mol. The van der Waals surface area contributed by atoms with E-state index in [1.807, 2.05) is 0 Å². The smallest absolute Gasteiger partial charge is 0.0723 e. The Bertz CT molecular complexity index is 384. The molecule has 0 heterocycles. The largest absolute Gasteiger partial charge is 0.378 e. The lowest BCUT2D eigenvalue weighted by atomic mass is 10.1. The Morgan fingerprint density at radius 1 is 1.18 bits per heavy atom. The molecule has 2 fully saturated rings. The van der Waals surface area contributed by atoms with Gasteiger partial charge in [-0.25, -0.2) is 0 Å². The molecule has 92 valence electrons. The van der Waals surface area contributed by atoms with Crippen molar-refractivity contribution in [1.82, 2.24) is 0 Å². The first-order chi connectivity index (χ1) is 8.33. The monoisotopic (exact) mass is 232 g/mol. The molecule has 17 heavy (non-hydrogen) atoms. The summed E-state index contributed by atoms with van der Waals surface area (Å²) in [5, 5.41) is 0. The molecule has 0 aliphatic heterocycles. The molecule has 2 atom stereocenters. The van der Waals surface area contributed by atoms with Gasteiger partial charge >= 0.3 is 0 Å². The fourth-order valence-electron chi connectivity index (χ4n) is 2.06. The van der Waals surface area contributed by atoms with Gasteiger partial charge in [-0.15, -0.1) is 0 Å². The minimum Gasteiger partial charge on any atom is -0.378 e. The minimum atomic E-state index is 0.438. The molecule has 1 aromatic carbocycles. The first-order valence-corrected chi connectivity index (χ1v) is 6.60. The van der Waals surface area contributed by atoms with Crippen LogP contribution in [0.5, 0.6) is 0 Å². The zero-order valence-electron chi connectivity index (χ0n) is 10.4. The lowest BCUT2D eigenvalue weighted by Crippen LogP contribution is -2.05. The molecule has 2 unspecified atom stereocenters. The van der Waals surface area contributed by atoms with E-state index in [4.69, 9.17) is 9.47 Å². The van der Waals surface area contributed by atoms with Crippen LogP contribution in [0, 0.1) is 12.8 Å². The molecule has 2 saturated carbocycles. The van der Waals surface area contributed by atoms with E-state index in [1.54, 1.807) is 0 Å². The summed E-state index contributed by atoms with van der Waals surface area (Å²) in [4.78, 5) is 0. The van der Waals surface area contributed by atoms with E-state index >= 15 is 0 Å². The number of rotatable bonds is 6. The normalized spacial score (nSPS) is 27.1. The van der Waals surface area contributed by atoms with Gasteiger partial charge in [-0.3, -0.25) is 0 Å². The maximum absolute atomic E-state index is 5.91. The second-order valence-electron chi connectivity index (χ2n) is 5.30. The van der Waals surface area contributed by atoms with E-state index in [2.05, 4.69) is 31.2 Å². The fraction of sp³-hybridized carbons (Fsp3) is 0.600. The maximum atomic E-state index is 5.91. The van der Waals surface area contributed by atoms with Crippen molar-refractivity contribution in [1.29, 1.82) is 0 Å². The lowest BCUT2D eigenvalue weighted by molar-refractivity contribution is 0.0610. The molecule has 0 amide bonds. The molecule has 2 heteroatoms. The van der Waals surface area contributed by atoms with Crippen molar-refractivity contribution in [2.75, 3.05) is 6.61 Å². The van der Waals surface area contributed by atoms with Gasteiger partial charge in [0.05, 0.1) is 25.4 Å². The van der Waals surface area contributed by atoms with E-state index in [9.17, 15) is 0 Å². The van der Waals surface area contributed by atoms with Crippen LogP contribution in [-0.4, -0.2) is 18.8 Å². The molecule has 2 aliphatic carbocycles. The van der Waals surface area contributed by atoms with Crippen LogP contribution >= 0.6 is 0 Å². The summed E-state index contributed by atoms with van der Waals surface area (Å²) in [6.07, 6.45) is 4.72. The molecular formula is C15H20O2. The Morgan fingerprint density at radius 3 is 2.76 bits per heavy atom. The van der Waals surface area contributed by atoms with Crippen LogP contribution < -0.4 is 0 Å². The molecule has 1 aromatic rings. The zero-order chi connectivity index (χ0) is 11.7. The highest BCUT2D eigenvalue weighted by molar-refractivity contribution is 5.24. The summed E-state index contributed by atoms with van der Waals surface area (Å²) in [7, 11) is 0. The predicted molar refractivity (Wildman–Crippen MR) is 66.8 cm³/mol. The van der Waals surface area contributed by atoms with Crippen molar-refractivity contribution in [2.24, 2.45) is 5.92 Å². The SMILES string of the molecule is Cc1ccccc1COC1CC1COC1CC1. The third-order valence-corrected chi connectivity index (χ3v) is 3.64. The third-order valence-electron chi connectivity index (χ3n) is 3.64. The summed E-state index contributed by atoms with van der Waals surface area (Å²) in [6.45, 7) is 3.79. The van der Waals surface area contributed by atoms with Crippen molar-refractivity contribution >= 4 is 0 Å². The predicted octanol–water partition coefficient (Wildman–Crippen LogP) is 3.08. The molecule has 2 nitrogen and oxygen atoms in total.